The van der Waals surface area contributed by atoms with Crippen LogP contribution in [0.25, 0.3) is 0 Å². The van der Waals surface area contributed by atoms with Crippen LogP contribution in [-0.4, -0.2) is 49.6 Å². The van der Waals surface area contributed by atoms with E-state index in [4.69, 9.17) is 4.74 Å². The van der Waals surface area contributed by atoms with Gasteiger partial charge in [-0.05, 0) is 44.1 Å². The molecule has 0 fully saturated rings. The number of fused-ring (bicyclic) bond motifs is 1. The highest BCUT2D eigenvalue weighted by molar-refractivity contribution is 7.10. The maximum atomic E-state index is 13.3. The summed E-state index contributed by atoms with van der Waals surface area (Å²) >= 11 is 1.69. The van der Waals surface area contributed by atoms with Crippen LogP contribution < -0.4 is 19.9 Å². The second kappa shape index (κ2) is 9.45. The number of hydrogen-bond donors (Lipinski definition) is 1. The molecule has 8 heteroatoms. The maximum Gasteiger partial charge on any atom is 0.263 e. The first-order valence-corrected chi connectivity index (χ1v) is 11.3. The first kappa shape index (κ1) is 21.3. The summed E-state index contributed by atoms with van der Waals surface area (Å²) in [5, 5.41) is 5.26. The van der Waals surface area contributed by atoms with E-state index in [1.165, 1.54) is 4.88 Å². The Balaban J connectivity index is 1.60. The number of thiophene rings is 1. The highest BCUT2D eigenvalue weighted by atomic mass is 32.1. The number of aryl methyl sites for hydroxylation is 1. The molecule has 31 heavy (non-hydrogen) atoms. The number of ether oxygens (including phenoxy) is 1. The van der Waals surface area contributed by atoms with Crippen molar-refractivity contribution in [2.24, 2.45) is 0 Å². The van der Waals surface area contributed by atoms with E-state index >= 15 is 0 Å². The normalized spacial score (nSPS) is 14.9. The third-order valence-corrected chi connectivity index (χ3v) is 6.27. The molecule has 0 saturated carbocycles. The standard InChI is InChI=1S/C23H27N5O2S/c1-16-25-15-19-22(26-16)27(3)11-12-28(23(19)29)17-6-4-7-18(14-17)30-20(9-10-24-2)21-8-5-13-31-21/h4-8,13-15,20,24H,9-12H2,1-3H3/t20-/m0/s1. The van der Waals surface area contributed by atoms with Crippen LogP contribution in [-0.2, 0) is 0 Å². The van der Waals surface area contributed by atoms with Gasteiger partial charge in [-0.3, -0.25) is 4.79 Å². The van der Waals surface area contributed by atoms with Crippen molar-refractivity contribution in [2.75, 3.05) is 43.5 Å². The van der Waals surface area contributed by atoms with E-state index in [9.17, 15) is 4.79 Å². The zero-order valence-corrected chi connectivity index (χ0v) is 18.9. The van der Waals surface area contributed by atoms with Crippen LogP contribution in [0.3, 0.4) is 0 Å². The lowest BCUT2D eigenvalue weighted by Crippen LogP contribution is -2.33. The van der Waals surface area contributed by atoms with E-state index in [0.717, 1.165) is 24.4 Å². The fourth-order valence-corrected chi connectivity index (χ4v) is 4.44. The van der Waals surface area contributed by atoms with E-state index in [1.807, 2.05) is 56.3 Å². The van der Waals surface area contributed by atoms with Crippen molar-refractivity contribution in [1.82, 2.24) is 15.3 Å². The number of carbonyl (C=O) groups excluding carboxylic acids is 1. The second-order valence-electron chi connectivity index (χ2n) is 7.54. The number of carbonyl (C=O) groups is 1. The SMILES string of the molecule is CNCC[C@H](Oc1cccc(N2CCN(C)c3nc(C)ncc3C2=O)c1)c1cccs1. The molecule has 0 spiro atoms. The molecule has 2 aromatic heterocycles. The quantitative estimate of drug-likeness (QED) is 0.608. The minimum atomic E-state index is -0.0958. The summed E-state index contributed by atoms with van der Waals surface area (Å²) in [6.45, 7) is 3.93. The molecular weight excluding hydrogens is 410 g/mol. The highest BCUT2D eigenvalue weighted by Crippen LogP contribution is 2.31. The summed E-state index contributed by atoms with van der Waals surface area (Å²) < 4.78 is 6.36. The van der Waals surface area contributed by atoms with E-state index in [1.54, 1.807) is 22.4 Å². The first-order valence-electron chi connectivity index (χ1n) is 10.4. The molecule has 0 radical (unpaired) electrons. The monoisotopic (exact) mass is 437 g/mol. The van der Waals surface area contributed by atoms with Crippen LogP contribution in [0.4, 0.5) is 11.5 Å². The van der Waals surface area contributed by atoms with Crippen molar-refractivity contribution < 1.29 is 9.53 Å². The van der Waals surface area contributed by atoms with Crippen LogP contribution >= 0.6 is 11.3 Å². The van der Waals surface area contributed by atoms with Crippen LogP contribution in [0.2, 0.25) is 0 Å². The number of aromatic nitrogens is 2. The maximum absolute atomic E-state index is 13.3. The molecule has 0 saturated heterocycles. The van der Waals surface area contributed by atoms with Crippen molar-refractivity contribution in [3.8, 4) is 5.75 Å². The number of anilines is 2. The largest absolute Gasteiger partial charge is 0.485 e. The van der Waals surface area contributed by atoms with E-state index < -0.39 is 0 Å². The van der Waals surface area contributed by atoms with Crippen molar-refractivity contribution in [2.45, 2.75) is 19.4 Å². The molecule has 0 bridgehead atoms. The lowest BCUT2D eigenvalue weighted by molar-refractivity contribution is 0.0989. The van der Waals surface area contributed by atoms with E-state index in [-0.39, 0.29) is 12.0 Å². The first-order chi connectivity index (χ1) is 15.1. The van der Waals surface area contributed by atoms with Crippen molar-refractivity contribution in [3.63, 3.8) is 0 Å². The Morgan fingerprint density at radius 2 is 2.13 bits per heavy atom. The predicted octanol–water partition coefficient (Wildman–Crippen LogP) is 3.67. The minimum Gasteiger partial charge on any atom is -0.485 e. The number of benzene rings is 1. The zero-order valence-electron chi connectivity index (χ0n) is 18.0. The smallest absolute Gasteiger partial charge is 0.263 e. The van der Waals surface area contributed by atoms with Crippen LogP contribution in [0.5, 0.6) is 5.75 Å². The third kappa shape index (κ3) is 4.70. The van der Waals surface area contributed by atoms with Crippen LogP contribution in [0, 0.1) is 6.92 Å². The summed E-state index contributed by atoms with van der Waals surface area (Å²) in [6, 6.07) is 11.9. The molecule has 1 atom stereocenters. The zero-order chi connectivity index (χ0) is 21.8. The van der Waals surface area contributed by atoms with Gasteiger partial charge < -0.3 is 19.9 Å². The second-order valence-corrected chi connectivity index (χ2v) is 8.52. The van der Waals surface area contributed by atoms with Crippen molar-refractivity contribution in [1.29, 1.82) is 0 Å². The van der Waals surface area contributed by atoms with Gasteiger partial charge in [-0.1, -0.05) is 12.1 Å². The van der Waals surface area contributed by atoms with Gasteiger partial charge in [-0.2, -0.15) is 0 Å². The van der Waals surface area contributed by atoms with Gasteiger partial charge in [-0.25, -0.2) is 9.97 Å². The number of amides is 1. The molecule has 7 nitrogen and oxygen atoms in total. The molecule has 1 N–H and O–H groups in total. The molecular formula is C23H27N5O2S. The van der Waals surface area contributed by atoms with Crippen molar-refractivity contribution in [3.05, 3.63) is 64.2 Å². The van der Waals surface area contributed by atoms with Gasteiger partial charge >= 0.3 is 0 Å². The lowest BCUT2D eigenvalue weighted by Gasteiger charge is -2.23. The molecule has 3 heterocycles. The third-order valence-electron chi connectivity index (χ3n) is 5.31. The average Bonchev–Trinajstić information content (AvgIpc) is 3.28. The number of hydrogen-bond acceptors (Lipinski definition) is 7. The Kier molecular flexibility index (Phi) is 6.48. The summed E-state index contributed by atoms with van der Waals surface area (Å²) in [7, 11) is 3.89. The summed E-state index contributed by atoms with van der Waals surface area (Å²) in [4.78, 5) is 27.0. The molecule has 4 rings (SSSR count). The fraction of sp³-hybridized carbons (Fsp3) is 0.348. The minimum absolute atomic E-state index is 0.0363. The molecule has 0 aliphatic carbocycles. The van der Waals surface area contributed by atoms with Crippen LogP contribution in [0.15, 0.2) is 48.0 Å². The lowest BCUT2D eigenvalue weighted by atomic mass is 10.2. The van der Waals surface area contributed by atoms with Gasteiger partial charge in [0.1, 0.15) is 29.1 Å². The predicted molar refractivity (Wildman–Crippen MR) is 124 cm³/mol. The Morgan fingerprint density at radius 3 is 2.90 bits per heavy atom. The summed E-state index contributed by atoms with van der Waals surface area (Å²) in [6.07, 6.45) is 2.45. The molecule has 1 aliphatic rings. The van der Waals surface area contributed by atoms with Gasteiger partial charge in [-0.15, -0.1) is 11.3 Å². The highest BCUT2D eigenvalue weighted by Gasteiger charge is 2.28. The Hall–Kier alpha value is -2.97. The Bertz CT molecular complexity index is 1040. The molecule has 0 unspecified atom stereocenters. The number of nitrogens with zero attached hydrogens (tertiary/aromatic N) is 4. The van der Waals surface area contributed by atoms with Gasteiger partial charge in [0.25, 0.3) is 5.91 Å². The fourth-order valence-electron chi connectivity index (χ4n) is 3.65. The molecule has 1 amide bonds. The van der Waals surface area contributed by atoms with Gasteiger partial charge in [0.2, 0.25) is 0 Å². The molecule has 3 aromatic rings. The average molecular weight is 438 g/mol. The molecule has 1 aliphatic heterocycles. The molecule has 1 aromatic carbocycles. The Morgan fingerprint density at radius 1 is 1.26 bits per heavy atom. The summed E-state index contributed by atoms with van der Waals surface area (Å²) in [5.74, 6) is 1.99. The van der Waals surface area contributed by atoms with E-state index in [0.29, 0.717) is 30.3 Å². The number of likely N-dealkylation sites (N-methyl/N-ethyl adjacent to an activating group) is 1. The summed E-state index contributed by atoms with van der Waals surface area (Å²) in [5.41, 5.74) is 1.32. The van der Waals surface area contributed by atoms with Crippen molar-refractivity contribution >= 4 is 28.7 Å². The Labute approximate surface area is 186 Å². The van der Waals surface area contributed by atoms with Gasteiger partial charge in [0, 0.05) is 49.4 Å². The van der Waals surface area contributed by atoms with E-state index in [2.05, 4.69) is 26.7 Å². The van der Waals surface area contributed by atoms with Gasteiger partial charge in [0.15, 0.2) is 0 Å². The topological polar surface area (TPSA) is 70.6 Å². The molecule has 162 valence electrons. The van der Waals surface area contributed by atoms with Crippen LogP contribution in [0.1, 0.15) is 33.6 Å². The van der Waals surface area contributed by atoms with Gasteiger partial charge in [0.05, 0.1) is 0 Å². The number of rotatable bonds is 7. The number of nitrogens with one attached hydrogen (secondary N) is 1.